The number of rotatable bonds is 10. The third kappa shape index (κ3) is 7.37. The summed E-state index contributed by atoms with van der Waals surface area (Å²) in [6, 6.07) is 15.1. The van der Waals surface area contributed by atoms with Crippen molar-refractivity contribution in [3.8, 4) is 0 Å². The highest BCUT2D eigenvalue weighted by Gasteiger charge is 2.30. The van der Waals surface area contributed by atoms with Crippen LogP contribution in [0.2, 0.25) is 0 Å². The maximum absolute atomic E-state index is 12.9. The molecule has 0 unspecified atom stereocenters. The van der Waals surface area contributed by atoms with Crippen LogP contribution in [0.25, 0.3) is 10.9 Å². The van der Waals surface area contributed by atoms with Crippen LogP contribution < -0.4 is 10.6 Å². The van der Waals surface area contributed by atoms with Gasteiger partial charge in [-0.3, -0.25) is 4.98 Å². The number of unbranched alkanes of at least 4 members (excludes halogenated alkanes) is 4. The lowest BCUT2D eigenvalue weighted by atomic mass is 10.0. The molecule has 0 atom stereocenters. The van der Waals surface area contributed by atoms with E-state index in [1.165, 1.54) is 36.9 Å². The van der Waals surface area contributed by atoms with Crippen molar-refractivity contribution in [1.29, 1.82) is 0 Å². The third-order valence-corrected chi connectivity index (χ3v) is 7.90. The summed E-state index contributed by atoms with van der Waals surface area (Å²) in [4.78, 5) is 7.56. The number of benzene rings is 2. The highest BCUT2D eigenvalue weighted by molar-refractivity contribution is 7.99. The summed E-state index contributed by atoms with van der Waals surface area (Å²) < 4.78 is 38.8. The Kier molecular flexibility index (Phi) is 8.95. The minimum atomic E-state index is -4.34. The van der Waals surface area contributed by atoms with E-state index in [4.69, 9.17) is 5.73 Å². The van der Waals surface area contributed by atoms with Gasteiger partial charge in [-0.2, -0.15) is 13.2 Å². The fraction of sp³-hybridized carbons (Fsp3) is 0.464. The van der Waals surface area contributed by atoms with E-state index in [2.05, 4.69) is 34.1 Å². The van der Waals surface area contributed by atoms with E-state index in [1.807, 2.05) is 6.07 Å². The van der Waals surface area contributed by atoms with E-state index in [1.54, 1.807) is 24.0 Å². The quantitative estimate of drug-likeness (QED) is 0.231. The van der Waals surface area contributed by atoms with Crippen LogP contribution in [0.15, 0.2) is 59.6 Å². The lowest BCUT2D eigenvalue weighted by Crippen LogP contribution is -2.39. The number of pyridine rings is 1. The molecule has 0 radical (unpaired) electrons. The predicted octanol–water partition coefficient (Wildman–Crippen LogP) is 7.47. The molecule has 0 saturated carbocycles. The van der Waals surface area contributed by atoms with Crippen molar-refractivity contribution in [3.63, 3.8) is 0 Å². The second-order valence-corrected chi connectivity index (χ2v) is 10.5. The molecule has 0 spiro atoms. The zero-order valence-corrected chi connectivity index (χ0v) is 20.9. The van der Waals surface area contributed by atoms with Crippen molar-refractivity contribution in [2.75, 3.05) is 23.7 Å². The number of piperidine rings is 1. The van der Waals surface area contributed by atoms with Crippen molar-refractivity contribution in [3.05, 3.63) is 65.9 Å². The van der Waals surface area contributed by atoms with Gasteiger partial charge in [-0.1, -0.05) is 37.5 Å². The van der Waals surface area contributed by atoms with Crippen molar-refractivity contribution in [2.24, 2.45) is 5.73 Å². The highest BCUT2D eigenvalue weighted by atomic mass is 32.2. The van der Waals surface area contributed by atoms with E-state index < -0.39 is 11.7 Å². The normalized spacial score (nSPS) is 15.1. The molecule has 1 aliphatic heterocycles. The Morgan fingerprint density at radius 3 is 2.37 bits per heavy atom. The van der Waals surface area contributed by atoms with Crippen LogP contribution in [0.1, 0.15) is 56.1 Å². The first kappa shape index (κ1) is 25.8. The minimum absolute atomic E-state index is 0.356. The highest BCUT2D eigenvalue weighted by Crippen LogP contribution is 2.34. The van der Waals surface area contributed by atoms with Crippen LogP contribution in [0, 0.1) is 0 Å². The first-order valence-electron chi connectivity index (χ1n) is 12.6. The molecule has 1 saturated heterocycles. The van der Waals surface area contributed by atoms with Crippen molar-refractivity contribution >= 4 is 28.4 Å². The van der Waals surface area contributed by atoms with Gasteiger partial charge in [-0.15, -0.1) is 11.8 Å². The molecule has 35 heavy (non-hydrogen) atoms. The average molecular weight is 502 g/mol. The molecular formula is C28H34F3N3S. The SMILES string of the molecule is NC1CCN(c2ccc(CCCCCCCSc3ccnc4cc(C(F)(F)F)ccc34)cc2)CC1. The smallest absolute Gasteiger partial charge is 0.371 e. The van der Waals surface area contributed by atoms with Gasteiger partial charge in [0.15, 0.2) is 0 Å². The zero-order chi connectivity index (χ0) is 24.7. The van der Waals surface area contributed by atoms with Gasteiger partial charge in [0.25, 0.3) is 0 Å². The van der Waals surface area contributed by atoms with Crippen LogP contribution >= 0.6 is 11.8 Å². The summed E-state index contributed by atoms with van der Waals surface area (Å²) in [5.74, 6) is 0.961. The molecule has 1 aliphatic rings. The molecule has 1 aromatic heterocycles. The molecule has 188 valence electrons. The second-order valence-electron chi connectivity index (χ2n) is 9.40. The van der Waals surface area contributed by atoms with Crippen molar-refractivity contribution in [1.82, 2.24) is 4.98 Å². The van der Waals surface area contributed by atoms with Crippen LogP contribution in [0.3, 0.4) is 0 Å². The predicted molar refractivity (Wildman–Crippen MR) is 140 cm³/mol. The number of halogens is 3. The standard InChI is InChI=1S/C28H34F3N3S/c29-28(30,31)22-9-12-25-26(20-22)33-16-13-27(25)35-19-5-3-1-2-4-6-21-7-10-24(11-8-21)34-17-14-23(32)15-18-34/h7-13,16,20,23H,1-6,14-15,17-19,32H2. The fourth-order valence-electron chi connectivity index (χ4n) is 4.60. The third-order valence-electron chi connectivity index (χ3n) is 6.74. The van der Waals surface area contributed by atoms with Gasteiger partial charge in [-0.25, -0.2) is 0 Å². The van der Waals surface area contributed by atoms with E-state index in [9.17, 15) is 13.2 Å². The van der Waals surface area contributed by atoms with Crippen LogP contribution in [0.4, 0.5) is 18.9 Å². The average Bonchev–Trinajstić information content (AvgIpc) is 2.85. The second kappa shape index (κ2) is 12.1. The maximum Gasteiger partial charge on any atom is 0.416 e. The molecule has 1 fully saturated rings. The molecule has 2 heterocycles. The van der Waals surface area contributed by atoms with Gasteiger partial charge >= 0.3 is 6.18 Å². The molecule has 7 heteroatoms. The molecule has 3 nitrogen and oxygen atoms in total. The molecule has 0 bridgehead atoms. The number of fused-ring (bicyclic) bond motifs is 1. The lowest BCUT2D eigenvalue weighted by molar-refractivity contribution is -0.137. The summed E-state index contributed by atoms with van der Waals surface area (Å²) in [7, 11) is 0. The van der Waals surface area contributed by atoms with Gasteiger partial charge in [0.2, 0.25) is 0 Å². The number of aryl methyl sites for hydroxylation is 1. The molecular weight excluding hydrogens is 467 g/mol. The van der Waals surface area contributed by atoms with Gasteiger partial charge in [-0.05, 0) is 73.8 Å². The van der Waals surface area contributed by atoms with Gasteiger partial charge in [0, 0.05) is 41.3 Å². The van der Waals surface area contributed by atoms with E-state index in [0.29, 0.717) is 11.6 Å². The number of nitrogens with zero attached hydrogens (tertiary/aromatic N) is 2. The van der Waals surface area contributed by atoms with Crippen molar-refractivity contribution < 1.29 is 13.2 Å². The van der Waals surface area contributed by atoms with E-state index in [-0.39, 0.29) is 0 Å². The minimum Gasteiger partial charge on any atom is -0.371 e. The summed E-state index contributed by atoms with van der Waals surface area (Å²) in [5.41, 5.74) is 8.46. The van der Waals surface area contributed by atoms with Crippen LogP contribution in [-0.2, 0) is 12.6 Å². The molecule has 2 N–H and O–H groups in total. The Morgan fingerprint density at radius 2 is 1.63 bits per heavy atom. The molecule has 2 aromatic carbocycles. The fourth-order valence-corrected chi connectivity index (χ4v) is 5.65. The first-order valence-corrected chi connectivity index (χ1v) is 13.6. The lowest BCUT2D eigenvalue weighted by Gasteiger charge is -2.32. The number of alkyl halides is 3. The monoisotopic (exact) mass is 501 g/mol. The maximum atomic E-state index is 12.9. The van der Waals surface area contributed by atoms with Gasteiger partial charge in [0.1, 0.15) is 0 Å². The number of aromatic nitrogens is 1. The summed E-state index contributed by atoms with van der Waals surface area (Å²) >= 11 is 1.70. The van der Waals surface area contributed by atoms with E-state index in [0.717, 1.165) is 66.9 Å². The Bertz CT molecular complexity index is 1080. The van der Waals surface area contributed by atoms with Gasteiger partial charge < -0.3 is 10.6 Å². The largest absolute Gasteiger partial charge is 0.416 e. The molecule has 3 aromatic rings. The van der Waals surface area contributed by atoms with Crippen LogP contribution in [0.5, 0.6) is 0 Å². The van der Waals surface area contributed by atoms with Gasteiger partial charge in [0.05, 0.1) is 11.1 Å². The molecule has 0 amide bonds. The number of anilines is 1. The Hall–Kier alpha value is -2.25. The number of thioether (sulfide) groups is 1. The summed E-state index contributed by atoms with van der Waals surface area (Å²) in [5, 5.41) is 0.792. The Morgan fingerprint density at radius 1 is 0.914 bits per heavy atom. The first-order chi connectivity index (χ1) is 16.9. The Labute approximate surface area is 210 Å². The molecule has 4 rings (SSSR count). The Balaban J connectivity index is 1.12. The van der Waals surface area contributed by atoms with Crippen molar-refractivity contribution in [2.45, 2.75) is 68.5 Å². The number of nitrogens with two attached hydrogens (primary N) is 1. The summed E-state index contributed by atoms with van der Waals surface area (Å²) in [6.45, 7) is 2.10. The number of hydrogen-bond acceptors (Lipinski definition) is 4. The summed E-state index contributed by atoms with van der Waals surface area (Å²) in [6.07, 6.45) is 6.40. The molecule has 0 aliphatic carbocycles. The van der Waals surface area contributed by atoms with Crippen LogP contribution in [-0.4, -0.2) is 29.9 Å². The topological polar surface area (TPSA) is 42.1 Å². The zero-order valence-electron chi connectivity index (χ0n) is 20.1. The number of hydrogen-bond donors (Lipinski definition) is 1. The van der Waals surface area contributed by atoms with E-state index >= 15 is 0 Å².